The summed E-state index contributed by atoms with van der Waals surface area (Å²) in [6, 6.07) is 4.05. The molecule has 2 N–H and O–H groups in total. The molecule has 1 aromatic heterocycles. The molecule has 9 heteroatoms. The normalized spacial score (nSPS) is 26.1. The summed E-state index contributed by atoms with van der Waals surface area (Å²) in [5, 5.41) is 10.5. The first-order valence-electron chi connectivity index (χ1n) is 10.1. The zero-order valence-electron chi connectivity index (χ0n) is 16.3. The van der Waals surface area contributed by atoms with E-state index in [0.29, 0.717) is 24.8 Å². The molecule has 2 heterocycles. The molecule has 4 aliphatic rings. The highest BCUT2D eigenvalue weighted by molar-refractivity contribution is 6.30. The van der Waals surface area contributed by atoms with Gasteiger partial charge < -0.3 is 15.4 Å². The number of nitrogens with zero attached hydrogens (tertiary/aromatic N) is 2. The van der Waals surface area contributed by atoms with Crippen LogP contribution in [0, 0.1) is 5.82 Å². The van der Waals surface area contributed by atoms with E-state index in [2.05, 4.69) is 15.7 Å². The summed E-state index contributed by atoms with van der Waals surface area (Å²) in [6.07, 6.45) is 6.84. The number of rotatable bonds is 6. The zero-order chi connectivity index (χ0) is 20.9. The Balaban J connectivity index is 1.11. The first-order chi connectivity index (χ1) is 14.4. The number of hydrogen-bond donors (Lipinski definition) is 2. The maximum Gasteiger partial charge on any atom is 0.258 e. The first-order valence-corrected chi connectivity index (χ1v) is 10.5. The second-order valence-corrected chi connectivity index (χ2v) is 9.05. The van der Waals surface area contributed by atoms with Gasteiger partial charge in [0.1, 0.15) is 11.6 Å². The molecule has 6 rings (SSSR count). The van der Waals surface area contributed by atoms with Crippen molar-refractivity contribution in [3.05, 3.63) is 46.5 Å². The van der Waals surface area contributed by atoms with Crippen LogP contribution in [0.25, 0.3) is 0 Å². The Morgan fingerprint density at radius 2 is 1.97 bits per heavy atom. The summed E-state index contributed by atoms with van der Waals surface area (Å²) in [4.78, 5) is 25.0. The number of fused-ring (bicyclic) bond motifs is 1. The molecular weight excluding hydrogens is 411 g/mol. The van der Waals surface area contributed by atoms with E-state index in [1.165, 1.54) is 12.1 Å². The molecule has 0 atom stereocenters. The average Bonchev–Trinajstić information content (AvgIpc) is 3.10. The average molecular weight is 433 g/mol. The smallest absolute Gasteiger partial charge is 0.258 e. The summed E-state index contributed by atoms with van der Waals surface area (Å²) in [7, 11) is 0. The number of hydrogen-bond acceptors (Lipinski definition) is 4. The van der Waals surface area contributed by atoms with Crippen molar-refractivity contribution in [3.8, 4) is 5.75 Å². The number of carbonyl (C=O) groups excluding carboxylic acids is 2. The minimum atomic E-state index is -0.591. The molecule has 7 nitrogen and oxygen atoms in total. The van der Waals surface area contributed by atoms with E-state index in [-0.39, 0.29) is 40.3 Å². The third-order valence-electron chi connectivity index (χ3n) is 6.30. The lowest BCUT2D eigenvalue weighted by molar-refractivity contribution is -0.141. The van der Waals surface area contributed by atoms with Gasteiger partial charge in [-0.25, -0.2) is 4.39 Å². The van der Waals surface area contributed by atoms with E-state index < -0.39 is 5.82 Å². The number of halogens is 2. The number of benzene rings is 1. The van der Waals surface area contributed by atoms with Gasteiger partial charge in [0.2, 0.25) is 0 Å². The molecule has 2 aromatic rings. The number of nitrogens with one attached hydrogen (secondary N) is 2. The summed E-state index contributed by atoms with van der Waals surface area (Å²) >= 11 is 5.63. The quantitative estimate of drug-likeness (QED) is 0.734. The Kier molecular flexibility index (Phi) is 4.50. The molecule has 3 fully saturated rings. The van der Waals surface area contributed by atoms with E-state index in [0.717, 1.165) is 37.6 Å². The van der Waals surface area contributed by atoms with Crippen molar-refractivity contribution >= 4 is 23.4 Å². The predicted octanol–water partition coefficient (Wildman–Crippen LogP) is 2.61. The van der Waals surface area contributed by atoms with Crippen LogP contribution >= 0.6 is 11.6 Å². The summed E-state index contributed by atoms with van der Waals surface area (Å²) < 4.78 is 20.7. The van der Waals surface area contributed by atoms with Gasteiger partial charge in [-0.1, -0.05) is 11.6 Å². The van der Waals surface area contributed by atoms with Crippen molar-refractivity contribution in [1.29, 1.82) is 0 Å². The molecule has 1 aromatic carbocycles. The van der Waals surface area contributed by atoms with Gasteiger partial charge in [-0.15, -0.1) is 0 Å². The minimum Gasteiger partial charge on any atom is -0.484 e. The lowest BCUT2D eigenvalue weighted by Gasteiger charge is -2.70. The maximum absolute atomic E-state index is 13.4. The van der Waals surface area contributed by atoms with E-state index in [1.54, 1.807) is 6.20 Å². The Morgan fingerprint density at radius 3 is 2.73 bits per heavy atom. The summed E-state index contributed by atoms with van der Waals surface area (Å²) in [6.45, 7) is 0.665. The predicted molar refractivity (Wildman–Crippen MR) is 107 cm³/mol. The van der Waals surface area contributed by atoms with Crippen LogP contribution in [0.15, 0.2) is 24.4 Å². The largest absolute Gasteiger partial charge is 0.484 e. The second-order valence-electron chi connectivity index (χ2n) is 8.64. The fourth-order valence-electron chi connectivity index (χ4n) is 5.02. The van der Waals surface area contributed by atoms with Crippen molar-refractivity contribution in [1.82, 2.24) is 20.4 Å². The highest BCUT2D eigenvalue weighted by atomic mass is 35.5. The van der Waals surface area contributed by atoms with E-state index in [1.807, 2.05) is 4.68 Å². The molecule has 2 amide bonds. The van der Waals surface area contributed by atoms with Crippen LogP contribution in [0.1, 0.15) is 48.2 Å². The van der Waals surface area contributed by atoms with Crippen molar-refractivity contribution < 1.29 is 18.7 Å². The lowest BCUT2D eigenvalue weighted by Crippen LogP contribution is -2.84. The Labute approximate surface area is 177 Å². The highest BCUT2D eigenvalue weighted by Crippen LogP contribution is 2.60. The summed E-state index contributed by atoms with van der Waals surface area (Å²) in [5.41, 5.74) is 1.16. The molecular formula is C21H22ClFN4O3. The third-order valence-corrected chi connectivity index (χ3v) is 6.61. The van der Waals surface area contributed by atoms with Crippen molar-refractivity contribution in [3.63, 3.8) is 0 Å². The Bertz CT molecular complexity index is 1020. The number of amides is 2. The van der Waals surface area contributed by atoms with Gasteiger partial charge in [0, 0.05) is 23.7 Å². The van der Waals surface area contributed by atoms with Crippen LogP contribution in [0.5, 0.6) is 5.75 Å². The van der Waals surface area contributed by atoms with Crippen molar-refractivity contribution in [2.45, 2.75) is 56.1 Å². The van der Waals surface area contributed by atoms with Crippen LogP contribution in [0.3, 0.4) is 0 Å². The van der Waals surface area contributed by atoms with Gasteiger partial charge in [-0.05, 0) is 50.7 Å². The van der Waals surface area contributed by atoms with Crippen LogP contribution in [0.4, 0.5) is 4.39 Å². The molecule has 0 saturated heterocycles. The molecule has 158 valence electrons. The zero-order valence-corrected chi connectivity index (χ0v) is 17.1. The lowest BCUT2D eigenvalue weighted by atomic mass is 9.44. The molecule has 30 heavy (non-hydrogen) atoms. The molecule has 3 aliphatic carbocycles. The highest BCUT2D eigenvalue weighted by Gasteiger charge is 2.69. The number of ether oxygens (including phenoxy) is 1. The fraction of sp³-hybridized carbons (Fsp3) is 0.476. The van der Waals surface area contributed by atoms with Gasteiger partial charge >= 0.3 is 0 Å². The molecule has 1 aliphatic heterocycles. The monoisotopic (exact) mass is 432 g/mol. The molecule has 0 radical (unpaired) electrons. The van der Waals surface area contributed by atoms with Crippen LogP contribution < -0.4 is 15.4 Å². The minimum absolute atomic E-state index is 0.00430. The summed E-state index contributed by atoms with van der Waals surface area (Å²) in [5.74, 6) is -0.689. The van der Waals surface area contributed by atoms with E-state index >= 15 is 0 Å². The fourth-order valence-corrected chi connectivity index (χ4v) is 5.14. The molecule has 2 bridgehead atoms. The van der Waals surface area contributed by atoms with Gasteiger partial charge in [0.15, 0.2) is 6.61 Å². The second kappa shape index (κ2) is 6.97. The van der Waals surface area contributed by atoms with Crippen LogP contribution in [-0.4, -0.2) is 39.3 Å². The Morgan fingerprint density at radius 1 is 1.20 bits per heavy atom. The SMILES string of the molecule is O=C(COc1ccc(Cl)c(F)c1)NC12CC(NC(=O)c3cnn4c3CCCC4)(C1)C2. The van der Waals surface area contributed by atoms with Gasteiger partial charge in [0.05, 0.1) is 22.5 Å². The molecule has 3 saturated carbocycles. The van der Waals surface area contributed by atoms with Gasteiger partial charge in [-0.3, -0.25) is 14.3 Å². The third kappa shape index (κ3) is 3.33. The van der Waals surface area contributed by atoms with Crippen LogP contribution in [-0.2, 0) is 17.8 Å². The molecule has 0 unspecified atom stereocenters. The van der Waals surface area contributed by atoms with E-state index in [4.69, 9.17) is 16.3 Å². The van der Waals surface area contributed by atoms with Gasteiger partial charge in [0.25, 0.3) is 11.8 Å². The maximum atomic E-state index is 13.4. The number of aryl methyl sites for hydroxylation is 1. The number of aromatic nitrogens is 2. The topological polar surface area (TPSA) is 85.2 Å². The van der Waals surface area contributed by atoms with E-state index in [9.17, 15) is 14.0 Å². The standard InChI is InChI=1S/C21H22ClFN4O3/c22-15-5-4-13(7-16(15)23)30-9-18(28)25-20-10-21(11-20,12-20)26-19(29)14-8-24-27-6-2-1-3-17(14)27/h4-5,7-8H,1-3,6,9-12H2,(H,25,28)(H,26,29). The Hall–Kier alpha value is -2.61. The van der Waals surface area contributed by atoms with Crippen molar-refractivity contribution in [2.24, 2.45) is 0 Å². The molecule has 0 spiro atoms. The first kappa shape index (κ1) is 19.4. The van der Waals surface area contributed by atoms with Crippen LogP contribution in [0.2, 0.25) is 5.02 Å². The van der Waals surface area contributed by atoms with Gasteiger partial charge in [-0.2, -0.15) is 5.10 Å². The van der Waals surface area contributed by atoms with Crippen molar-refractivity contribution in [2.75, 3.05) is 6.61 Å². The number of carbonyl (C=O) groups is 2.